The first-order valence-corrected chi connectivity index (χ1v) is 6.95. The third kappa shape index (κ3) is 3.51. The summed E-state index contributed by atoms with van der Waals surface area (Å²) in [5, 5.41) is 0. The average molecular weight is 259 g/mol. The van der Waals surface area contributed by atoms with Crippen molar-refractivity contribution in [1.82, 2.24) is 4.90 Å². The van der Waals surface area contributed by atoms with Crippen LogP contribution in [-0.4, -0.2) is 36.1 Å². The van der Waals surface area contributed by atoms with Crippen molar-refractivity contribution in [3.8, 4) is 0 Å². The number of carbonyl (C=O) groups excluding carboxylic acids is 2. The zero-order chi connectivity index (χ0) is 13.8. The van der Waals surface area contributed by atoms with Crippen LogP contribution in [0.1, 0.15) is 35.7 Å². The number of aryl methyl sites for hydroxylation is 1. The summed E-state index contributed by atoms with van der Waals surface area (Å²) in [7, 11) is 0. The Balaban J connectivity index is 1.98. The van der Waals surface area contributed by atoms with Crippen LogP contribution in [0, 0.1) is 12.8 Å². The lowest BCUT2D eigenvalue weighted by Gasteiger charge is -2.30. The van der Waals surface area contributed by atoms with Crippen molar-refractivity contribution >= 4 is 11.6 Å². The van der Waals surface area contributed by atoms with Crippen molar-refractivity contribution in [1.29, 1.82) is 0 Å². The summed E-state index contributed by atoms with van der Waals surface area (Å²) < 4.78 is 0. The Kier molecular flexibility index (Phi) is 4.48. The number of likely N-dealkylation sites (tertiary alicyclic amines) is 1. The van der Waals surface area contributed by atoms with E-state index in [-0.39, 0.29) is 11.7 Å². The lowest BCUT2D eigenvalue weighted by atomic mass is 9.94. The van der Waals surface area contributed by atoms with Gasteiger partial charge in [0.1, 0.15) is 5.78 Å². The second-order valence-electron chi connectivity index (χ2n) is 5.35. The molecule has 1 unspecified atom stereocenters. The molecule has 1 fully saturated rings. The molecule has 3 heteroatoms. The van der Waals surface area contributed by atoms with Crippen molar-refractivity contribution in [3.05, 3.63) is 35.4 Å². The lowest BCUT2D eigenvalue weighted by Crippen LogP contribution is -2.42. The molecule has 2 rings (SSSR count). The van der Waals surface area contributed by atoms with Crippen LogP contribution in [-0.2, 0) is 4.79 Å². The number of rotatable bonds is 4. The molecule has 102 valence electrons. The molecule has 0 radical (unpaired) electrons. The maximum Gasteiger partial charge on any atom is 0.176 e. The molecule has 1 aliphatic rings. The second-order valence-corrected chi connectivity index (χ2v) is 5.35. The zero-order valence-electron chi connectivity index (χ0n) is 11.7. The summed E-state index contributed by atoms with van der Waals surface area (Å²) >= 11 is 0. The third-order valence-electron chi connectivity index (χ3n) is 3.81. The van der Waals surface area contributed by atoms with Gasteiger partial charge in [0, 0.05) is 31.0 Å². The van der Waals surface area contributed by atoms with Crippen LogP contribution in [0.2, 0.25) is 0 Å². The van der Waals surface area contributed by atoms with Gasteiger partial charge < -0.3 is 0 Å². The first-order valence-electron chi connectivity index (χ1n) is 6.95. The van der Waals surface area contributed by atoms with E-state index in [0.717, 1.165) is 24.1 Å². The molecule has 0 bridgehead atoms. The fourth-order valence-electron chi connectivity index (χ4n) is 2.59. The molecule has 0 aromatic heterocycles. The number of nitrogens with zero attached hydrogens (tertiary/aromatic N) is 1. The molecule has 1 aromatic carbocycles. The van der Waals surface area contributed by atoms with Gasteiger partial charge in [-0.25, -0.2) is 0 Å². The maximum atomic E-state index is 12.2. The van der Waals surface area contributed by atoms with Gasteiger partial charge in [-0.15, -0.1) is 0 Å². The van der Waals surface area contributed by atoms with E-state index in [9.17, 15) is 9.59 Å². The maximum absolute atomic E-state index is 12.2. The van der Waals surface area contributed by atoms with E-state index in [1.807, 2.05) is 38.1 Å². The van der Waals surface area contributed by atoms with E-state index in [2.05, 4.69) is 4.90 Å². The zero-order valence-corrected chi connectivity index (χ0v) is 11.7. The van der Waals surface area contributed by atoms with Crippen LogP contribution < -0.4 is 0 Å². The van der Waals surface area contributed by atoms with E-state index in [4.69, 9.17) is 0 Å². The smallest absolute Gasteiger partial charge is 0.176 e. The van der Waals surface area contributed by atoms with Gasteiger partial charge in [-0.2, -0.15) is 0 Å². The average Bonchev–Trinajstić information content (AvgIpc) is 2.41. The molecule has 0 N–H and O–H groups in total. The molecule has 19 heavy (non-hydrogen) atoms. The van der Waals surface area contributed by atoms with Crippen LogP contribution in [0.15, 0.2) is 24.3 Å². The minimum absolute atomic E-state index is 0.110. The van der Waals surface area contributed by atoms with Crippen LogP contribution in [0.25, 0.3) is 0 Å². The van der Waals surface area contributed by atoms with E-state index < -0.39 is 0 Å². The minimum atomic E-state index is 0.110. The van der Waals surface area contributed by atoms with Crippen LogP contribution >= 0.6 is 0 Å². The Morgan fingerprint density at radius 2 is 2.21 bits per heavy atom. The largest absolute Gasteiger partial charge is 0.299 e. The number of ketones is 2. The highest BCUT2D eigenvalue weighted by atomic mass is 16.1. The third-order valence-corrected chi connectivity index (χ3v) is 3.81. The lowest BCUT2D eigenvalue weighted by molar-refractivity contribution is -0.126. The van der Waals surface area contributed by atoms with Crippen molar-refractivity contribution in [2.24, 2.45) is 5.92 Å². The Labute approximate surface area is 114 Å². The van der Waals surface area contributed by atoms with E-state index in [0.29, 0.717) is 25.3 Å². The summed E-state index contributed by atoms with van der Waals surface area (Å²) in [6.45, 7) is 5.89. The van der Waals surface area contributed by atoms with Gasteiger partial charge in [-0.1, -0.05) is 30.7 Å². The summed E-state index contributed by atoms with van der Waals surface area (Å²) in [6, 6.07) is 7.69. The molecule has 0 amide bonds. The highest BCUT2D eigenvalue weighted by Gasteiger charge is 2.26. The SMILES string of the molecule is CCC1CN(CC(=O)c2cccc(C)c2)CCC1=O. The van der Waals surface area contributed by atoms with Crippen molar-refractivity contribution in [3.63, 3.8) is 0 Å². The summed E-state index contributed by atoms with van der Waals surface area (Å²) in [6.07, 6.45) is 1.45. The number of benzene rings is 1. The minimum Gasteiger partial charge on any atom is -0.299 e. The van der Waals surface area contributed by atoms with Gasteiger partial charge in [-0.3, -0.25) is 14.5 Å². The Bertz CT molecular complexity index is 481. The highest BCUT2D eigenvalue weighted by Crippen LogP contribution is 2.16. The predicted molar refractivity (Wildman–Crippen MR) is 75.4 cm³/mol. The molecule has 1 saturated heterocycles. The summed E-state index contributed by atoms with van der Waals surface area (Å²) in [5.74, 6) is 0.605. The number of hydrogen-bond acceptors (Lipinski definition) is 3. The standard InChI is InChI=1S/C16H21NO2/c1-3-13-10-17(8-7-15(13)18)11-16(19)14-6-4-5-12(2)9-14/h4-6,9,13H,3,7-8,10-11H2,1-2H3. The molecule has 0 spiro atoms. The molecule has 0 saturated carbocycles. The Morgan fingerprint density at radius 1 is 1.42 bits per heavy atom. The van der Waals surface area contributed by atoms with Crippen molar-refractivity contribution in [2.45, 2.75) is 26.7 Å². The van der Waals surface area contributed by atoms with Crippen molar-refractivity contribution in [2.75, 3.05) is 19.6 Å². The van der Waals surface area contributed by atoms with Gasteiger partial charge in [0.05, 0.1) is 6.54 Å². The predicted octanol–water partition coefficient (Wildman–Crippen LogP) is 2.48. The second kappa shape index (κ2) is 6.11. The molecule has 1 atom stereocenters. The van der Waals surface area contributed by atoms with Gasteiger partial charge in [-0.05, 0) is 19.4 Å². The molecular formula is C16H21NO2. The molecule has 1 heterocycles. The molecule has 1 aliphatic heterocycles. The monoisotopic (exact) mass is 259 g/mol. The van der Waals surface area contributed by atoms with E-state index in [1.165, 1.54) is 0 Å². The fraction of sp³-hybridized carbons (Fsp3) is 0.500. The van der Waals surface area contributed by atoms with Crippen molar-refractivity contribution < 1.29 is 9.59 Å². The van der Waals surface area contributed by atoms with Crippen LogP contribution in [0.3, 0.4) is 0 Å². The van der Waals surface area contributed by atoms with E-state index in [1.54, 1.807) is 0 Å². The molecule has 0 aliphatic carbocycles. The molecule has 3 nitrogen and oxygen atoms in total. The molecular weight excluding hydrogens is 238 g/mol. The van der Waals surface area contributed by atoms with Gasteiger partial charge in [0.25, 0.3) is 0 Å². The molecule has 1 aromatic rings. The highest BCUT2D eigenvalue weighted by molar-refractivity contribution is 5.97. The Morgan fingerprint density at radius 3 is 2.89 bits per heavy atom. The normalized spacial score (nSPS) is 20.5. The number of piperidine rings is 1. The fourth-order valence-corrected chi connectivity index (χ4v) is 2.59. The topological polar surface area (TPSA) is 37.4 Å². The van der Waals surface area contributed by atoms with Crippen LogP contribution in [0.4, 0.5) is 0 Å². The van der Waals surface area contributed by atoms with Gasteiger partial charge in [0.2, 0.25) is 0 Å². The van der Waals surface area contributed by atoms with Gasteiger partial charge in [0.15, 0.2) is 5.78 Å². The van der Waals surface area contributed by atoms with E-state index >= 15 is 0 Å². The first kappa shape index (κ1) is 13.9. The number of hydrogen-bond donors (Lipinski definition) is 0. The van der Waals surface area contributed by atoms with Gasteiger partial charge >= 0.3 is 0 Å². The summed E-state index contributed by atoms with van der Waals surface area (Å²) in [5.41, 5.74) is 1.87. The Hall–Kier alpha value is -1.48. The number of Topliss-reactive ketones (excluding diaryl/α,β-unsaturated/α-hetero) is 2. The number of carbonyl (C=O) groups is 2. The quantitative estimate of drug-likeness (QED) is 0.780. The van der Waals surface area contributed by atoms with Crippen LogP contribution in [0.5, 0.6) is 0 Å². The summed E-state index contributed by atoms with van der Waals surface area (Å²) in [4.78, 5) is 26.0. The first-order chi connectivity index (χ1) is 9.10.